The Labute approximate surface area is 147 Å². The highest BCUT2D eigenvalue weighted by Crippen LogP contribution is 2.17. The van der Waals surface area contributed by atoms with E-state index in [9.17, 15) is 0 Å². The summed E-state index contributed by atoms with van der Waals surface area (Å²) in [6, 6.07) is 13.8. The van der Waals surface area contributed by atoms with Crippen molar-refractivity contribution in [1.82, 2.24) is 15.0 Å². The molecule has 0 saturated carbocycles. The Balaban J connectivity index is 1.53. The molecule has 2 aromatic heterocycles. The normalized spacial score (nSPS) is 10.3. The molecule has 0 unspecified atom stereocenters. The molecule has 2 N–H and O–H groups in total. The van der Waals surface area contributed by atoms with E-state index in [1.807, 2.05) is 36.4 Å². The third kappa shape index (κ3) is 4.91. The Bertz CT molecular complexity index is 795. The molecule has 6 nitrogen and oxygen atoms in total. The van der Waals surface area contributed by atoms with E-state index in [0.717, 1.165) is 35.7 Å². The summed E-state index contributed by atoms with van der Waals surface area (Å²) < 4.78 is 5.37. The smallest absolute Gasteiger partial charge is 0.224 e. The first-order chi connectivity index (χ1) is 12.3. The van der Waals surface area contributed by atoms with Gasteiger partial charge in [-0.15, -0.1) is 0 Å². The SMILES string of the molecule is COc1ccccc1CCNc1nccc(NCc2ccncc2)n1. The van der Waals surface area contributed by atoms with Gasteiger partial charge >= 0.3 is 0 Å². The standard InChI is InChI=1S/C19H21N5O/c1-25-17-5-3-2-4-16(17)8-12-21-19-22-13-9-18(24-19)23-14-15-6-10-20-11-7-15/h2-7,9-11,13H,8,12,14H2,1H3,(H2,21,22,23,24). The average molecular weight is 335 g/mol. The van der Waals surface area contributed by atoms with Gasteiger partial charge in [0.05, 0.1) is 7.11 Å². The maximum Gasteiger partial charge on any atom is 0.224 e. The molecule has 0 atom stereocenters. The summed E-state index contributed by atoms with van der Waals surface area (Å²) in [4.78, 5) is 12.8. The van der Waals surface area contributed by atoms with E-state index in [-0.39, 0.29) is 0 Å². The Morgan fingerprint density at radius 3 is 2.64 bits per heavy atom. The average Bonchev–Trinajstić information content (AvgIpc) is 2.68. The van der Waals surface area contributed by atoms with Gasteiger partial charge < -0.3 is 15.4 Å². The lowest BCUT2D eigenvalue weighted by Gasteiger charge is -2.10. The van der Waals surface area contributed by atoms with Crippen LogP contribution in [0.1, 0.15) is 11.1 Å². The van der Waals surface area contributed by atoms with Crippen molar-refractivity contribution in [3.8, 4) is 5.75 Å². The van der Waals surface area contributed by atoms with E-state index >= 15 is 0 Å². The second kappa shape index (κ2) is 8.63. The van der Waals surface area contributed by atoms with Crippen molar-refractivity contribution in [2.75, 3.05) is 24.3 Å². The van der Waals surface area contributed by atoms with Crippen molar-refractivity contribution >= 4 is 11.8 Å². The van der Waals surface area contributed by atoms with Crippen molar-refractivity contribution in [1.29, 1.82) is 0 Å². The first-order valence-electron chi connectivity index (χ1n) is 8.17. The van der Waals surface area contributed by atoms with E-state index < -0.39 is 0 Å². The summed E-state index contributed by atoms with van der Waals surface area (Å²) in [5.41, 5.74) is 2.31. The topological polar surface area (TPSA) is 72.0 Å². The minimum absolute atomic E-state index is 0.606. The zero-order valence-corrected chi connectivity index (χ0v) is 14.1. The Hall–Kier alpha value is -3.15. The molecule has 25 heavy (non-hydrogen) atoms. The number of hydrogen-bond acceptors (Lipinski definition) is 6. The second-order valence-electron chi connectivity index (χ2n) is 5.46. The van der Waals surface area contributed by atoms with Gasteiger partial charge in [0.2, 0.25) is 5.95 Å². The van der Waals surface area contributed by atoms with Crippen molar-refractivity contribution in [3.63, 3.8) is 0 Å². The molecule has 6 heteroatoms. The van der Waals surface area contributed by atoms with Gasteiger partial charge in [0.15, 0.2) is 0 Å². The summed E-state index contributed by atoms with van der Waals surface area (Å²) in [5, 5.41) is 6.54. The molecule has 0 radical (unpaired) electrons. The minimum Gasteiger partial charge on any atom is -0.496 e. The van der Waals surface area contributed by atoms with E-state index in [1.54, 1.807) is 25.7 Å². The highest BCUT2D eigenvalue weighted by Gasteiger charge is 2.03. The number of methoxy groups -OCH3 is 1. The largest absolute Gasteiger partial charge is 0.496 e. The number of hydrogen-bond donors (Lipinski definition) is 2. The van der Waals surface area contributed by atoms with Crippen LogP contribution < -0.4 is 15.4 Å². The molecule has 0 aliphatic carbocycles. The number of benzene rings is 1. The minimum atomic E-state index is 0.606. The highest BCUT2D eigenvalue weighted by molar-refractivity contribution is 5.40. The first kappa shape index (κ1) is 16.7. The lowest BCUT2D eigenvalue weighted by molar-refractivity contribution is 0.410. The van der Waals surface area contributed by atoms with Gasteiger partial charge in [-0.3, -0.25) is 4.98 Å². The Morgan fingerprint density at radius 2 is 1.80 bits per heavy atom. The van der Waals surface area contributed by atoms with E-state index in [1.165, 1.54) is 0 Å². The lowest BCUT2D eigenvalue weighted by Crippen LogP contribution is -2.10. The van der Waals surface area contributed by atoms with Crippen LogP contribution in [-0.2, 0) is 13.0 Å². The molecule has 2 heterocycles. The third-order valence-corrected chi connectivity index (χ3v) is 3.75. The number of nitrogens with one attached hydrogen (secondary N) is 2. The van der Waals surface area contributed by atoms with Gasteiger partial charge in [-0.05, 0) is 41.8 Å². The fourth-order valence-electron chi connectivity index (χ4n) is 2.45. The van der Waals surface area contributed by atoms with Crippen LogP contribution in [0, 0.1) is 0 Å². The van der Waals surface area contributed by atoms with Crippen molar-refractivity contribution in [3.05, 3.63) is 72.2 Å². The van der Waals surface area contributed by atoms with Gasteiger partial charge in [0.1, 0.15) is 11.6 Å². The summed E-state index contributed by atoms with van der Waals surface area (Å²) >= 11 is 0. The van der Waals surface area contributed by atoms with Crippen LogP contribution in [0.25, 0.3) is 0 Å². The van der Waals surface area contributed by atoms with Gasteiger partial charge in [0.25, 0.3) is 0 Å². The number of nitrogens with zero attached hydrogens (tertiary/aromatic N) is 3. The van der Waals surface area contributed by atoms with Gasteiger partial charge in [0, 0.05) is 31.7 Å². The van der Waals surface area contributed by atoms with Crippen LogP contribution in [-0.4, -0.2) is 28.6 Å². The number of para-hydroxylation sites is 1. The number of rotatable bonds is 8. The summed E-state index contributed by atoms with van der Waals surface area (Å²) in [6.07, 6.45) is 6.14. The van der Waals surface area contributed by atoms with Crippen molar-refractivity contribution < 1.29 is 4.74 Å². The first-order valence-corrected chi connectivity index (χ1v) is 8.17. The summed E-state index contributed by atoms with van der Waals surface area (Å²) in [6.45, 7) is 1.42. The molecule has 128 valence electrons. The molecule has 3 rings (SSSR count). The number of ether oxygens (including phenoxy) is 1. The fourth-order valence-corrected chi connectivity index (χ4v) is 2.45. The van der Waals surface area contributed by atoms with Crippen LogP contribution in [0.5, 0.6) is 5.75 Å². The molecule has 0 bridgehead atoms. The predicted octanol–water partition coefficient (Wildman–Crippen LogP) is 3.15. The van der Waals surface area contributed by atoms with Crippen molar-refractivity contribution in [2.24, 2.45) is 0 Å². The van der Waals surface area contributed by atoms with Crippen LogP contribution >= 0.6 is 0 Å². The quantitative estimate of drug-likeness (QED) is 0.659. The summed E-state index contributed by atoms with van der Waals surface area (Å²) in [7, 11) is 1.69. The number of aromatic nitrogens is 3. The van der Waals surface area contributed by atoms with E-state index in [4.69, 9.17) is 4.74 Å². The molecule has 0 amide bonds. The number of pyridine rings is 1. The monoisotopic (exact) mass is 335 g/mol. The second-order valence-corrected chi connectivity index (χ2v) is 5.46. The fraction of sp³-hybridized carbons (Fsp3) is 0.211. The van der Waals surface area contributed by atoms with Gasteiger partial charge in [-0.1, -0.05) is 18.2 Å². The Morgan fingerprint density at radius 1 is 0.960 bits per heavy atom. The molecule has 1 aromatic carbocycles. The molecule has 0 spiro atoms. The molecule has 0 fully saturated rings. The molecular weight excluding hydrogens is 314 g/mol. The maximum absolute atomic E-state index is 5.37. The zero-order chi connectivity index (χ0) is 17.3. The molecule has 0 saturated heterocycles. The molecular formula is C19H21N5O. The van der Waals surface area contributed by atoms with Crippen molar-refractivity contribution in [2.45, 2.75) is 13.0 Å². The summed E-state index contributed by atoms with van der Waals surface area (Å²) in [5.74, 6) is 2.29. The highest BCUT2D eigenvalue weighted by atomic mass is 16.5. The van der Waals surface area contributed by atoms with Crippen LogP contribution in [0.15, 0.2) is 61.1 Å². The van der Waals surface area contributed by atoms with Crippen LogP contribution in [0.2, 0.25) is 0 Å². The van der Waals surface area contributed by atoms with Gasteiger partial charge in [-0.2, -0.15) is 4.98 Å². The van der Waals surface area contributed by atoms with Gasteiger partial charge in [-0.25, -0.2) is 4.98 Å². The molecule has 3 aromatic rings. The lowest BCUT2D eigenvalue weighted by atomic mass is 10.1. The van der Waals surface area contributed by atoms with Crippen LogP contribution in [0.4, 0.5) is 11.8 Å². The Kier molecular flexibility index (Phi) is 5.77. The van der Waals surface area contributed by atoms with E-state index in [0.29, 0.717) is 12.5 Å². The predicted molar refractivity (Wildman–Crippen MR) is 98.8 cm³/mol. The molecule has 0 aliphatic heterocycles. The number of anilines is 2. The molecule has 0 aliphatic rings. The maximum atomic E-state index is 5.37. The third-order valence-electron chi connectivity index (χ3n) is 3.75. The van der Waals surface area contributed by atoms with Crippen LogP contribution in [0.3, 0.4) is 0 Å². The zero-order valence-electron chi connectivity index (χ0n) is 14.1. The van der Waals surface area contributed by atoms with E-state index in [2.05, 4.69) is 31.7 Å².